The zero-order valence-electron chi connectivity index (χ0n) is 16.6. The Labute approximate surface area is 171 Å². The zero-order chi connectivity index (χ0) is 22.0. The lowest BCUT2D eigenvalue weighted by Crippen LogP contribution is -2.53. The summed E-state index contributed by atoms with van der Waals surface area (Å²) >= 11 is -1.60. The summed E-state index contributed by atoms with van der Waals surface area (Å²) in [5.74, 6) is -2.89. The molecule has 1 aliphatic heterocycles. The Morgan fingerprint density at radius 3 is 2.34 bits per heavy atom. The lowest BCUT2D eigenvalue weighted by molar-refractivity contribution is -0.149. The number of benzene rings is 1. The first-order valence-corrected chi connectivity index (χ1v) is 10.4. The number of nitrogens with zero attached hydrogens (tertiary/aromatic N) is 1. The van der Waals surface area contributed by atoms with Crippen LogP contribution in [0, 0.1) is 11.6 Å². The van der Waals surface area contributed by atoms with Gasteiger partial charge in [-0.3, -0.25) is 4.90 Å². The second kappa shape index (κ2) is 8.85. The number of nitrogens with one attached hydrogen (secondary N) is 1. The van der Waals surface area contributed by atoms with Crippen molar-refractivity contribution in [1.29, 1.82) is 0 Å². The first kappa shape index (κ1) is 23.4. The standard InChI is InChI=1S/C19H26F2N2O5S/c1-18(2,3)29(28)22-15(12-9-13(20)11-14(21)10-12)5-7-19(16(24)25)6-4-8-23(19)17(26)27/h9-11,15,22H,4-8H2,1-3H3,(H,24,25)(H,26,27)/t15-,19+,29?/m0/s1. The first-order valence-electron chi connectivity index (χ1n) is 9.25. The van der Waals surface area contributed by atoms with E-state index in [1.165, 1.54) is 0 Å². The summed E-state index contributed by atoms with van der Waals surface area (Å²) in [7, 11) is 0. The molecule has 1 aromatic carbocycles. The number of hydrogen-bond acceptors (Lipinski definition) is 4. The topological polar surface area (TPSA) is 113 Å². The highest BCUT2D eigenvalue weighted by molar-refractivity contribution is 7.90. The van der Waals surface area contributed by atoms with E-state index in [0.717, 1.165) is 17.0 Å². The van der Waals surface area contributed by atoms with E-state index in [0.29, 0.717) is 12.5 Å². The molecule has 10 heteroatoms. The van der Waals surface area contributed by atoms with Crippen molar-refractivity contribution in [2.24, 2.45) is 0 Å². The molecule has 29 heavy (non-hydrogen) atoms. The van der Waals surface area contributed by atoms with E-state index in [1.807, 2.05) is 0 Å². The highest BCUT2D eigenvalue weighted by atomic mass is 32.2. The van der Waals surface area contributed by atoms with Crippen molar-refractivity contribution >= 4 is 23.4 Å². The van der Waals surface area contributed by atoms with E-state index in [-0.39, 0.29) is 31.4 Å². The molecular weight excluding hydrogens is 406 g/mol. The monoisotopic (exact) mass is 432 g/mol. The number of carboxylic acids is 1. The Morgan fingerprint density at radius 1 is 1.28 bits per heavy atom. The van der Waals surface area contributed by atoms with Gasteiger partial charge >= 0.3 is 12.1 Å². The van der Waals surface area contributed by atoms with Gasteiger partial charge in [-0.25, -0.2) is 18.4 Å². The average molecular weight is 432 g/mol. The fraction of sp³-hybridized carbons (Fsp3) is 0.579. The molecule has 3 N–H and O–H groups in total. The molecule has 1 saturated heterocycles. The number of hydrogen-bond donors (Lipinski definition) is 3. The lowest BCUT2D eigenvalue weighted by Gasteiger charge is -2.34. The molecule has 0 aliphatic carbocycles. The number of rotatable bonds is 7. The van der Waals surface area contributed by atoms with Gasteiger partial charge in [0.05, 0.1) is 6.04 Å². The predicted molar refractivity (Wildman–Crippen MR) is 104 cm³/mol. The second-order valence-corrected chi connectivity index (χ2v) is 10.2. The number of carboxylic acid groups (broad SMARTS) is 2. The number of amides is 1. The third kappa shape index (κ3) is 5.37. The summed E-state index contributed by atoms with van der Waals surface area (Å²) in [6.45, 7) is 5.27. The summed E-state index contributed by atoms with van der Waals surface area (Å²) in [4.78, 5) is 24.4. The van der Waals surface area contributed by atoms with Crippen molar-refractivity contribution in [3.63, 3.8) is 0 Å². The lowest BCUT2D eigenvalue weighted by atomic mass is 9.87. The molecular formula is C19H26F2N2O5S. The molecule has 0 radical (unpaired) electrons. The fourth-order valence-corrected chi connectivity index (χ4v) is 4.37. The van der Waals surface area contributed by atoms with Crippen LogP contribution >= 0.6 is 0 Å². The van der Waals surface area contributed by atoms with Crippen LogP contribution in [0.2, 0.25) is 0 Å². The summed E-state index contributed by atoms with van der Waals surface area (Å²) in [5.41, 5.74) is -1.44. The Hall–Kier alpha value is -1.91. The largest absolute Gasteiger partial charge is 0.598 e. The Kier molecular flexibility index (Phi) is 7.13. The van der Waals surface area contributed by atoms with Gasteiger partial charge in [-0.1, -0.05) is 0 Å². The Balaban J connectivity index is 2.33. The van der Waals surface area contributed by atoms with Crippen LogP contribution in [0.1, 0.15) is 58.1 Å². The summed E-state index contributed by atoms with van der Waals surface area (Å²) in [6.07, 6.45) is -0.850. The third-order valence-corrected chi connectivity index (χ3v) is 6.67. The second-order valence-electron chi connectivity index (χ2n) is 8.17. The van der Waals surface area contributed by atoms with E-state index in [9.17, 15) is 33.1 Å². The van der Waals surface area contributed by atoms with Crippen molar-refractivity contribution < 1.29 is 33.1 Å². The van der Waals surface area contributed by atoms with Gasteiger partial charge in [-0.2, -0.15) is 0 Å². The minimum Gasteiger partial charge on any atom is -0.598 e. The summed E-state index contributed by atoms with van der Waals surface area (Å²) in [5, 5.41) is 19.2. The molecule has 1 aliphatic rings. The highest BCUT2D eigenvalue weighted by Gasteiger charge is 2.50. The molecule has 2 rings (SSSR count). The number of likely N-dealkylation sites (tertiary alicyclic amines) is 1. The predicted octanol–water partition coefficient (Wildman–Crippen LogP) is 3.44. The molecule has 1 heterocycles. The smallest absolute Gasteiger partial charge is 0.408 e. The van der Waals surface area contributed by atoms with Gasteiger partial charge in [-0.05, 0) is 64.2 Å². The van der Waals surface area contributed by atoms with Crippen LogP contribution in [0.3, 0.4) is 0 Å². The minimum atomic E-state index is -1.62. The maximum atomic E-state index is 13.7. The van der Waals surface area contributed by atoms with E-state index in [2.05, 4.69) is 4.72 Å². The van der Waals surface area contributed by atoms with Crippen LogP contribution < -0.4 is 4.72 Å². The Bertz CT molecular complexity index is 753. The van der Waals surface area contributed by atoms with Crippen LogP contribution in [0.5, 0.6) is 0 Å². The molecule has 1 unspecified atom stereocenters. The quantitative estimate of drug-likeness (QED) is 0.569. The highest BCUT2D eigenvalue weighted by Crippen LogP contribution is 2.37. The number of halogens is 2. The van der Waals surface area contributed by atoms with E-state index >= 15 is 0 Å². The number of carbonyl (C=O) groups is 2. The van der Waals surface area contributed by atoms with Gasteiger partial charge in [0.1, 0.15) is 21.9 Å². The maximum Gasteiger partial charge on any atom is 0.408 e. The van der Waals surface area contributed by atoms with Crippen molar-refractivity contribution in [3.05, 3.63) is 35.4 Å². The minimum absolute atomic E-state index is 0.0286. The van der Waals surface area contributed by atoms with E-state index in [4.69, 9.17) is 0 Å². The van der Waals surface area contributed by atoms with Crippen LogP contribution in [0.4, 0.5) is 13.6 Å². The molecule has 162 valence electrons. The van der Waals surface area contributed by atoms with Gasteiger partial charge in [0.2, 0.25) is 0 Å². The average Bonchev–Trinajstić information content (AvgIpc) is 3.02. The molecule has 0 saturated carbocycles. The van der Waals surface area contributed by atoms with Crippen molar-refractivity contribution in [2.45, 2.75) is 62.8 Å². The first-order chi connectivity index (χ1) is 13.4. The summed E-state index contributed by atoms with van der Waals surface area (Å²) in [6, 6.07) is 2.08. The van der Waals surface area contributed by atoms with Gasteiger partial charge in [0.15, 0.2) is 0 Å². The van der Waals surface area contributed by atoms with Gasteiger partial charge in [0, 0.05) is 24.0 Å². The van der Waals surface area contributed by atoms with Crippen LogP contribution in [0.15, 0.2) is 18.2 Å². The molecule has 0 aromatic heterocycles. The van der Waals surface area contributed by atoms with E-state index in [1.54, 1.807) is 20.8 Å². The van der Waals surface area contributed by atoms with Crippen LogP contribution in [-0.2, 0) is 16.2 Å². The number of aliphatic carboxylic acids is 1. The zero-order valence-corrected chi connectivity index (χ0v) is 17.4. The van der Waals surface area contributed by atoms with Gasteiger partial charge < -0.3 is 14.8 Å². The van der Waals surface area contributed by atoms with Gasteiger partial charge in [0.25, 0.3) is 0 Å². The molecule has 7 nitrogen and oxygen atoms in total. The van der Waals surface area contributed by atoms with E-state index < -0.39 is 51.4 Å². The van der Waals surface area contributed by atoms with Crippen LogP contribution in [-0.4, -0.2) is 48.6 Å². The molecule has 0 spiro atoms. The fourth-order valence-electron chi connectivity index (χ4n) is 3.51. The molecule has 0 bridgehead atoms. The van der Waals surface area contributed by atoms with Crippen molar-refractivity contribution in [3.8, 4) is 0 Å². The van der Waals surface area contributed by atoms with Crippen LogP contribution in [0.25, 0.3) is 0 Å². The maximum absolute atomic E-state index is 13.7. The molecule has 3 atom stereocenters. The van der Waals surface area contributed by atoms with Crippen molar-refractivity contribution in [2.75, 3.05) is 6.54 Å². The van der Waals surface area contributed by atoms with Gasteiger partial charge in [-0.15, -0.1) is 4.72 Å². The Morgan fingerprint density at radius 2 is 1.86 bits per heavy atom. The molecule has 1 fully saturated rings. The van der Waals surface area contributed by atoms with Crippen molar-refractivity contribution in [1.82, 2.24) is 9.62 Å². The molecule has 1 aromatic rings. The normalized spacial score (nSPS) is 21.8. The SMILES string of the molecule is CC(C)(C)[S+]([O-])N[C@@H](CC[C@@]1(C(=O)O)CCCN1C(=O)O)c1cc(F)cc(F)c1. The third-order valence-electron chi connectivity index (χ3n) is 5.06. The summed E-state index contributed by atoms with van der Waals surface area (Å²) < 4.78 is 42.2. The molecule has 1 amide bonds.